The number of anilines is 1. The van der Waals surface area contributed by atoms with E-state index in [1.165, 1.54) is 14.2 Å². The number of benzene rings is 1. The van der Waals surface area contributed by atoms with Crippen molar-refractivity contribution in [3.05, 3.63) is 18.2 Å². The fraction of sp³-hybridized carbons (Fsp3) is 0.632. The summed E-state index contributed by atoms with van der Waals surface area (Å²) < 4.78 is 21.6. The maximum atomic E-state index is 12.4. The average Bonchev–Trinajstić information content (AvgIpc) is 3.07. The van der Waals surface area contributed by atoms with Crippen LogP contribution >= 0.6 is 12.4 Å². The summed E-state index contributed by atoms with van der Waals surface area (Å²) in [5.41, 5.74) is 0.518. The summed E-state index contributed by atoms with van der Waals surface area (Å²) in [6.45, 7) is 2.37. The predicted molar refractivity (Wildman–Crippen MR) is 112 cm³/mol. The second-order valence-corrected chi connectivity index (χ2v) is 6.96. The third-order valence-corrected chi connectivity index (χ3v) is 5.18. The van der Waals surface area contributed by atoms with Crippen LogP contribution in [0.15, 0.2) is 18.2 Å². The van der Waals surface area contributed by atoms with E-state index in [2.05, 4.69) is 15.5 Å². The summed E-state index contributed by atoms with van der Waals surface area (Å²) in [4.78, 5) is 14.5. The molecule has 1 aromatic carbocycles. The summed E-state index contributed by atoms with van der Waals surface area (Å²) in [5, 5.41) is 25.6. The van der Waals surface area contributed by atoms with Crippen molar-refractivity contribution in [3.8, 4) is 11.5 Å². The second-order valence-electron chi connectivity index (χ2n) is 6.96. The molecule has 3 rings (SSSR count). The molecule has 2 heterocycles. The van der Waals surface area contributed by atoms with Crippen LogP contribution in [0.25, 0.3) is 0 Å². The van der Waals surface area contributed by atoms with Crippen molar-refractivity contribution >= 4 is 24.1 Å². The number of aliphatic hydroxyl groups excluding tert-OH is 2. The summed E-state index contributed by atoms with van der Waals surface area (Å²) in [6.07, 6.45) is -1.97. The second kappa shape index (κ2) is 11.5. The van der Waals surface area contributed by atoms with E-state index in [0.717, 1.165) is 0 Å². The minimum absolute atomic E-state index is 0. The molecule has 1 aromatic rings. The van der Waals surface area contributed by atoms with E-state index in [0.29, 0.717) is 43.5 Å². The summed E-state index contributed by atoms with van der Waals surface area (Å²) in [6, 6.07) is 4.31. The molecule has 170 valence electrons. The number of nitrogens with zero attached hydrogens (tertiary/aromatic N) is 1. The van der Waals surface area contributed by atoms with Crippen LogP contribution in [0.5, 0.6) is 11.5 Å². The van der Waals surface area contributed by atoms with Crippen LogP contribution in [0.4, 0.5) is 10.5 Å². The lowest BCUT2D eigenvalue weighted by Gasteiger charge is -2.36. The van der Waals surface area contributed by atoms with Crippen molar-refractivity contribution < 1.29 is 34.0 Å². The Bertz CT molecular complexity index is 668. The van der Waals surface area contributed by atoms with Gasteiger partial charge in [-0.1, -0.05) is 0 Å². The summed E-state index contributed by atoms with van der Waals surface area (Å²) in [5.74, 6) is 1.11. The van der Waals surface area contributed by atoms with Gasteiger partial charge < -0.3 is 39.8 Å². The number of rotatable bonds is 7. The van der Waals surface area contributed by atoms with Crippen LogP contribution in [0.2, 0.25) is 0 Å². The number of carbonyl (C=O) groups excluding carboxylic acids is 1. The third kappa shape index (κ3) is 5.87. The van der Waals surface area contributed by atoms with Gasteiger partial charge in [-0.05, 0) is 0 Å². The van der Waals surface area contributed by atoms with Gasteiger partial charge >= 0.3 is 6.03 Å². The first-order valence-corrected chi connectivity index (χ1v) is 9.59. The van der Waals surface area contributed by atoms with Gasteiger partial charge in [0.2, 0.25) is 0 Å². The Morgan fingerprint density at radius 2 is 1.80 bits per heavy atom. The average molecular weight is 448 g/mol. The highest BCUT2D eigenvalue weighted by atomic mass is 35.5. The number of urea groups is 1. The largest absolute Gasteiger partial charge is 0.497 e. The van der Waals surface area contributed by atoms with Crippen molar-refractivity contribution in [1.82, 2.24) is 10.2 Å². The molecule has 2 fully saturated rings. The number of halogens is 1. The molecular weight excluding hydrogens is 418 g/mol. The lowest BCUT2D eigenvalue weighted by molar-refractivity contribution is -0.0214. The van der Waals surface area contributed by atoms with Crippen LogP contribution in [0.1, 0.15) is 0 Å². The monoisotopic (exact) mass is 447 g/mol. The zero-order valence-electron chi connectivity index (χ0n) is 17.1. The molecule has 2 aliphatic heterocycles. The Hall–Kier alpha value is -1.82. The molecule has 0 unspecified atom stereocenters. The molecule has 10 nitrogen and oxygen atoms in total. The molecule has 0 saturated carbocycles. The number of nitrogens with one attached hydrogen (secondary N) is 2. The fourth-order valence-corrected chi connectivity index (χ4v) is 3.72. The zero-order valence-corrected chi connectivity index (χ0v) is 17.9. The van der Waals surface area contributed by atoms with Gasteiger partial charge in [-0.15, -0.1) is 12.4 Å². The van der Waals surface area contributed by atoms with E-state index in [-0.39, 0.29) is 31.6 Å². The van der Waals surface area contributed by atoms with Gasteiger partial charge in [-0.25, -0.2) is 4.79 Å². The lowest BCUT2D eigenvalue weighted by Crippen LogP contribution is -2.54. The van der Waals surface area contributed by atoms with Gasteiger partial charge in [0.15, 0.2) is 0 Å². The molecule has 11 heteroatoms. The van der Waals surface area contributed by atoms with E-state index in [1.54, 1.807) is 18.2 Å². The van der Waals surface area contributed by atoms with Crippen molar-refractivity contribution in [2.75, 3.05) is 59.0 Å². The van der Waals surface area contributed by atoms with E-state index >= 15 is 0 Å². The molecule has 0 spiro atoms. The molecule has 0 aliphatic carbocycles. The molecule has 2 saturated heterocycles. The third-order valence-electron chi connectivity index (χ3n) is 5.18. The molecule has 2 aliphatic rings. The molecule has 4 atom stereocenters. The molecule has 0 aromatic heterocycles. The fourth-order valence-electron chi connectivity index (χ4n) is 3.72. The molecule has 4 N–H and O–H groups in total. The van der Waals surface area contributed by atoms with Gasteiger partial charge in [0.05, 0.1) is 46.2 Å². The van der Waals surface area contributed by atoms with E-state index in [9.17, 15) is 15.0 Å². The number of aliphatic hydroxyl groups is 2. The highest BCUT2D eigenvalue weighted by molar-refractivity contribution is 5.89. The van der Waals surface area contributed by atoms with Gasteiger partial charge in [0.25, 0.3) is 0 Å². The highest BCUT2D eigenvalue weighted by Gasteiger charge is 2.46. The Labute approximate surface area is 181 Å². The van der Waals surface area contributed by atoms with Crippen molar-refractivity contribution in [1.29, 1.82) is 0 Å². The van der Waals surface area contributed by atoms with Gasteiger partial charge in [-0.2, -0.15) is 0 Å². The van der Waals surface area contributed by atoms with Crippen molar-refractivity contribution in [3.63, 3.8) is 0 Å². The standard InChI is InChI=1S/C19H29N3O7.ClH/c1-26-13-7-12(8-14(9-13)27-2)21-19(25)20-10-15-17(18(24)16(11-23)29-15)22-3-5-28-6-4-22;/h7-9,15-18,23-24H,3-6,10-11H2,1-2H3,(H2,20,21,25);1H/t15-,16+,17+,18-;/m1./s1. The minimum atomic E-state index is -0.837. The van der Waals surface area contributed by atoms with Crippen LogP contribution in [0.3, 0.4) is 0 Å². The maximum Gasteiger partial charge on any atom is 0.319 e. The minimum Gasteiger partial charge on any atom is -0.497 e. The normalized spacial score (nSPS) is 26.5. The number of carbonyl (C=O) groups is 1. The van der Waals surface area contributed by atoms with Crippen molar-refractivity contribution in [2.24, 2.45) is 0 Å². The highest BCUT2D eigenvalue weighted by Crippen LogP contribution is 2.27. The number of hydrogen-bond donors (Lipinski definition) is 4. The molecule has 0 bridgehead atoms. The van der Waals surface area contributed by atoms with Crippen molar-refractivity contribution in [2.45, 2.75) is 24.4 Å². The molecule has 2 amide bonds. The topological polar surface area (TPSA) is 122 Å². The van der Waals surface area contributed by atoms with Crippen LogP contribution < -0.4 is 20.1 Å². The summed E-state index contributed by atoms with van der Waals surface area (Å²) in [7, 11) is 3.06. The van der Waals surface area contributed by atoms with Gasteiger partial charge in [0.1, 0.15) is 23.7 Å². The van der Waals surface area contributed by atoms with Gasteiger partial charge in [-0.3, -0.25) is 4.90 Å². The number of ether oxygens (including phenoxy) is 4. The van der Waals surface area contributed by atoms with Crippen LogP contribution in [-0.4, -0.2) is 99.2 Å². The predicted octanol–water partition coefficient (Wildman–Crippen LogP) is 0.0685. The van der Waals surface area contributed by atoms with Crippen LogP contribution in [-0.2, 0) is 9.47 Å². The van der Waals surface area contributed by atoms with E-state index < -0.39 is 24.3 Å². The van der Waals surface area contributed by atoms with Gasteiger partial charge in [0, 0.05) is 43.5 Å². The SMILES string of the molecule is COc1cc(NC(=O)NC[C@H]2O[C@@H](CO)[C@@H](O)[C@H]2N2CCOCC2)cc(OC)c1.Cl. The first-order valence-electron chi connectivity index (χ1n) is 9.59. The Kier molecular flexibility index (Phi) is 9.40. The number of hydrogen-bond acceptors (Lipinski definition) is 8. The number of amides is 2. The maximum absolute atomic E-state index is 12.4. The van der Waals surface area contributed by atoms with E-state index in [4.69, 9.17) is 18.9 Å². The Balaban J connectivity index is 0.00000320. The molecule has 0 radical (unpaired) electrons. The van der Waals surface area contributed by atoms with Crippen LogP contribution in [0, 0.1) is 0 Å². The van der Waals surface area contributed by atoms with E-state index in [1.807, 2.05) is 0 Å². The molecular formula is C19H30ClN3O7. The first-order chi connectivity index (χ1) is 14.0. The molecule has 30 heavy (non-hydrogen) atoms. The Morgan fingerprint density at radius 3 is 2.37 bits per heavy atom. The Morgan fingerprint density at radius 1 is 1.17 bits per heavy atom. The lowest BCUT2D eigenvalue weighted by atomic mass is 10.0. The number of methoxy groups -OCH3 is 2. The number of morpholine rings is 1. The summed E-state index contributed by atoms with van der Waals surface area (Å²) >= 11 is 0. The smallest absolute Gasteiger partial charge is 0.319 e. The first kappa shape index (κ1) is 24.4. The quantitative estimate of drug-likeness (QED) is 0.463. The zero-order chi connectivity index (χ0) is 20.8.